The number of ketones is 1. The van der Waals surface area contributed by atoms with Crippen molar-refractivity contribution in [2.75, 3.05) is 7.11 Å². The molecule has 0 aliphatic heterocycles. The minimum atomic E-state index is -0.700. The maximum Gasteiger partial charge on any atom is 0.192 e. The van der Waals surface area contributed by atoms with E-state index in [2.05, 4.69) is 5.10 Å². The minimum Gasteiger partial charge on any atom is -0.493 e. The predicted octanol–water partition coefficient (Wildman–Crippen LogP) is 1.37. The van der Waals surface area contributed by atoms with Crippen molar-refractivity contribution >= 4 is 5.78 Å². The second-order valence-corrected chi connectivity index (χ2v) is 5.36. The van der Waals surface area contributed by atoms with E-state index in [1.54, 1.807) is 7.05 Å². The standard InChI is InChI=1S/C12H21N3O2/c1-11(2,12(3,4)13)10(16)9-8(17-6)7-14-15(9)5/h7H,13H2,1-6H3. The molecule has 0 saturated heterocycles. The maximum absolute atomic E-state index is 12.6. The molecule has 2 N–H and O–H groups in total. The summed E-state index contributed by atoms with van der Waals surface area (Å²) in [5, 5.41) is 4.03. The Labute approximate surface area is 102 Å². The van der Waals surface area contributed by atoms with Crippen molar-refractivity contribution in [3.05, 3.63) is 11.9 Å². The first-order chi connectivity index (χ1) is 7.63. The average Bonchev–Trinajstić information content (AvgIpc) is 2.56. The molecule has 0 amide bonds. The van der Waals surface area contributed by atoms with Gasteiger partial charge in [0.05, 0.1) is 13.3 Å². The van der Waals surface area contributed by atoms with Crippen molar-refractivity contribution in [3.8, 4) is 5.75 Å². The van der Waals surface area contributed by atoms with E-state index in [-0.39, 0.29) is 5.78 Å². The Kier molecular flexibility index (Phi) is 3.34. The molecule has 1 aromatic rings. The Bertz CT molecular complexity index is 427. The predicted molar refractivity (Wildman–Crippen MR) is 66.1 cm³/mol. The molecular weight excluding hydrogens is 218 g/mol. The van der Waals surface area contributed by atoms with Gasteiger partial charge in [0.15, 0.2) is 11.5 Å². The van der Waals surface area contributed by atoms with Crippen LogP contribution in [-0.2, 0) is 7.05 Å². The molecule has 0 bridgehead atoms. The number of hydrogen-bond acceptors (Lipinski definition) is 4. The fourth-order valence-electron chi connectivity index (χ4n) is 1.41. The highest BCUT2D eigenvalue weighted by molar-refractivity contribution is 6.01. The zero-order valence-electron chi connectivity index (χ0n) is 11.4. The van der Waals surface area contributed by atoms with Crippen LogP contribution in [0.25, 0.3) is 0 Å². The van der Waals surface area contributed by atoms with Gasteiger partial charge in [0.2, 0.25) is 0 Å². The van der Waals surface area contributed by atoms with Crippen LogP contribution in [0.3, 0.4) is 0 Å². The van der Waals surface area contributed by atoms with Crippen molar-refractivity contribution in [3.63, 3.8) is 0 Å². The fraction of sp³-hybridized carbons (Fsp3) is 0.667. The number of carbonyl (C=O) groups is 1. The van der Waals surface area contributed by atoms with E-state index in [4.69, 9.17) is 10.5 Å². The smallest absolute Gasteiger partial charge is 0.192 e. The van der Waals surface area contributed by atoms with Crippen LogP contribution in [0.5, 0.6) is 5.75 Å². The van der Waals surface area contributed by atoms with Crippen molar-refractivity contribution < 1.29 is 9.53 Å². The number of aryl methyl sites for hydroxylation is 1. The summed E-state index contributed by atoms with van der Waals surface area (Å²) in [6.07, 6.45) is 1.53. The lowest BCUT2D eigenvalue weighted by Gasteiger charge is -2.36. The highest BCUT2D eigenvalue weighted by atomic mass is 16.5. The van der Waals surface area contributed by atoms with Crippen molar-refractivity contribution in [1.29, 1.82) is 0 Å². The highest BCUT2D eigenvalue weighted by Crippen LogP contribution is 2.34. The van der Waals surface area contributed by atoms with Crippen LogP contribution in [0.2, 0.25) is 0 Å². The maximum atomic E-state index is 12.6. The van der Waals surface area contributed by atoms with Gasteiger partial charge >= 0.3 is 0 Å². The van der Waals surface area contributed by atoms with E-state index >= 15 is 0 Å². The van der Waals surface area contributed by atoms with Crippen molar-refractivity contribution in [2.24, 2.45) is 18.2 Å². The highest BCUT2D eigenvalue weighted by Gasteiger charge is 2.43. The molecule has 5 nitrogen and oxygen atoms in total. The van der Waals surface area contributed by atoms with E-state index in [9.17, 15) is 4.79 Å². The number of rotatable bonds is 4. The molecule has 1 heterocycles. The van der Waals surface area contributed by atoms with E-state index in [1.165, 1.54) is 18.0 Å². The molecule has 0 fully saturated rings. The topological polar surface area (TPSA) is 70.1 Å². The summed E-state index contributed by atoms with van der Waals surface area (Å²) in [5.41, 5.74) is 5.20. The number of methoxy groups -OCH3 is 1. The van der Waals surface area contributed by atoms with Gasteiger partial charge in [-0.05, 0) is 13.8 Å². The third-order valence-corrected chi connectivity index (χ3v) is 3.52. The third kappa shape index (κ3) is 2.20. The minimum absolute atomic E-state index is 0.0677. The number of ether oxygens (including phenoxy) is 1. The quantitative estimate of drug-likeness (QED) is 0.806. The van der Waals surface area contributed by atoms with Gasteiger partial charge in [-0.15, -0.1) is 0 Å². The summed E-state index contributed by atoms with van der Waals surface area (Å²) in [6.45, 7) is 7.35. The Balaban J connectivity index is 3.26. The van der Waals surface area contributed by atoms with E-state index < -0.39 is 11.0 Å². The van der Waals surface area contributed by atoms with E-state index in [0.29, 0.717) is 11.4 Å². The summed E-state index contributed by atoms with van der Waals surface area (Å²) < 4.78 is 6.67. The first kappa shape index (κ1) is 13.7. The molecule has 0 radical (unpaired) electrons. The van der Waals surface area contributed by atoms with E-state index in [1.807, 2.05) is 27.7 Å². The largest absolute Gasteiger partial charge is 0.493 e. The normalized spacial score (nSPS) is 12.6. The SMILES string of the molecule is COc1cnn(C)c1C(=O)C(C)(C)C(C)(C)N. The number of Topliss-reactive ketones (excluding diaryl/α,β-unsaturated/α-hetero) is 1. The average molecular weight is 239 g/mol. The van der Waals surface area contributed by atoms with Gasteiger partial charge in [-0.25, -0.2) is 0 Å². The molecule has 5 heteroatoms. The lowest BCUT2D eigenvalue weighted by molar-refractivity contribution is 0.0720. The molecule has 0 atom stereocenters. The summed E-state index contributed by atoms with van der Waals surface area (Å²) in [4.78, 5) is 12.6. The Morgan fingerprint density at radius 3 is 2.35 bits per heavy atom. The Morgan fingerprint density at radius 2 is 1.94 bits per heavy atom. The zero-order chi connectivity index (χ0) is 13.4. The number of carbonyl (C=O) groups excluding carboxylic acids is 1. The van der Waals surface area contributed by atoms with Crippen LogP contribution in [0, 0.1) is 5.41 Å². The first-order valence-electron chi connectivity index (χ1n) is 5.52. The van der Waals surface area contributed by atoms with Gasteiger partial charge in [-0.1, -0.05) is 13.8 Å². The van der Waals surface area contributed by atoms with Crippen molar-refractivity contribution in [1.82, 2.24) is 9.78 Å². The van der Waals surface area contributed by atoms with Crippen molar-refractivity contribution in [2.45, 2.75) is 33.2 Å². The molecule has 0 spiro atoms. The Morgan fingerprint density at radius 1 is 1.41 bits per heavy atom. The van der Waals surface area contributed by atoms with Gasteiger partial charge in [-0.3, -0.25) is 9.48 Å². The number of nitrogens with two attached hydrogens (primary N) is 1. The van der Waals surface area contributed by atoms with Gasteiger partial charge in [0, 0.05) is 18.0 Å². The molecule has 0 unspecified atom stereocenters. The molecule has 96 valence electrons. The van der Waals surface area contributed by atoms with Crippen LogP contribution < -0.4 is 10.5 Å². The van der Waals surface area contributed by atoms with Crippen LogP contribution in [0.4, 0.5) is 0 Å². The lowest BCUT2D eigenvalue weighted by Crippen LogP contribution is -2.52. The summed E-state index contributed by atoms with van der Waals surface area (Å²) in [5.74, 6) is 0.414. The monoisotopic (exact) mass is 239 g/mol. The molecule has 0 aliphatic carbocycles. The molecule has 0 saturated carbocycles. The Hall–Kier alpha value is -1.36. The molecular formula is C12H21N3O2. The molecule has 1 rings (SSSR count). The second-order valence-electron chi connectivity index (χ2n) is 5.36. The molecule has 0 aliphatic rings. The number of nitrogens with zero attached hydrogens (tertiary/aromatic N) is 2. The molecule has 0 aromatic carbocycles. The van der Waals surface area contributed by atoms with E-state index in [0.717, 1.165) is 0 Å². The van der Waals surface area contributed by atoms with Gasteiger partial charge in [0.25, 0.3) is 0 Å². The van der Waals surface area contributed by atoms with Crippen LogP contribution in [-0.4, -0.2) is 28.2 Å². The molecule has 1 aromatic heterocycles. The summed E-state index contributed by atoms with van der Waals surface area (Å²) in [7, 11) is 3.24. The van der Waals surface area contributed by atoms with Crippen LogP contribution >= 0.6 is 0 Å². The van der Waals surface area contributed by atoms with Gasteiger partial charge < -0.3 is 10.5 Å². The lowest BCUT2D eigenvalue weighted by atomic mass is 9.71. The van der Waals surface area contributed by atoms with Crippen LogP contribution in [0.1, 0.15) is 38.2 Å². The second kappa shape index (κ2) is 4.14. The number of aromatic nitrogens is 2. The number of hydrogen-bond donors (Lipinski definition) is 1. The zero-order valence-corrected chi connectivity index (χ0v) is 11.4. The molecule has 17 heavy (non-hydrogen) atoms. The van der Waals surface area contributed by atoms with Crippen LogP contribution in [0.15, 0.2) is 6.20 Å². The first-order valence-corrected chi connectivity index (χ1v) is 5.52. The third-order valence-electron chi connectivity index (χ3n) is 3.52. The summed E-state index contributed by atoms with van der Waals surface area (Å²) in [6, 6.07) is 0. The van der Waals surface area contributed by atoms with Gasteiger partial charge in [-0.2, -0.15) is 5.10 Å². The fourth-order valence-corrected chi connectivity index (χ4v) is 1.41. The van der Waals surface area contributed by atoms with Gasteiger partial charge in [0.1, 0.15) is 5.69 Å². The summed E-state index contributed by atoms with van der Waals surface area (Å²) >= 11 is 0.